The zero-order valence-electron chi connectivity index (χ0n) is 48.2. The minimum Gasteiger partial charge on any atom is -0.461 e. The molecule has 7 heterocycles. The number of benzene rings is 1. The van der Waals surface area contributed by atoms with Crippen LogP contribution in [0.5, 0.6) is 0 Å². The molecule has 4 aromatic rings. The summed E-state index contributed by atoms with van der Waals surface area (Å²) in [5, 5.41) is 8.28. The largest absolute Gasteiger partial charge is 0.461 e. The van der Waals surface area contributed by atoms with Crippen LogP contribution in [-0.2, 0) is 54.9 Å². The zero-order chi connectivity index (χ0) is 59.4. The predicted molar refractivity (Wildman–Crippen MR) is 323 cm³/mol. The maximum Gasteiger partial charge on any atom is 0.357 e. The molecule has 13 atom stereocenters. The number of ketones is 1. The lowest BCUT2D eigenvalue weighted by molar-refractivity contribution is -0.671. The Morgan fingerprint density at radius 2 is 1.76 bits per heavy atom. The highest BCUT2D eigenvalue weighted by molar-refractivity contribution is 8.07. The van der Waals surface area contributed by atoms with Gasteiger partial charge in [0.15, 0.2) is 21.9 Å². The number of piperidine rings is 1. The van der Waals surface area contributed by atoms with E-state index in [-0.39, 0.29) is 64.6 Å². The van der Waals surface area contributed by atoms with Gasteiger partial charge in [-0.2, -0.15) is 9.36 Å². The van der Waals surface area contributed by atoms with E-state index in [0.29, 0.717) is 51.4 Å². The Labute approximate surface area is 510 Å². The molecule has 24 heteroatoms. The molecule has 1 aromatic carbocycles. The van der Waals surface area contributed by atoms with E-state index in [0.717, 1.165) is 42.1 Å². The molecule has 3 saturated carbocycles. The van der Waals surface area contributed by atoms with Gasteiger partial charge in [-0.1, -0.05) is 81.0 Å². The van der Waals surface area contributed by atoms with Crippen LogP contribution in [0.25, 0.3) is 11.3 Å². The van der Waals surface area contributed by atoms with Crippen LogP contribution in [-0.4, -0.2) is 131 Å². The van der Waals surface area contributed by atoms with E-state index in [4.69, 9.17) is 29.8 Å². The summed E-state index contributed by atoms with van der Waals surface area (Å²) in [7, 11) is 4.13. The third-order valence-electron chi connectivity index (χ3n) is 19.3. The second-order valence-corrected chi connectivity index (χ2v) is 29.3. The number of aromatic nitrogens is 4. The highest BCUT2D eigenvalue weighted by atomic mass is 32.2. The average Bonchev–Trinajstić information content (AvgIpc) is 1.38. The predicted octanol–water partition coefficient (Wildman–Crippen LogP) is 8.31. The van der Waals surface area contributed by atoms with Gasteiger partial charge in [0.05, 0.1) is 11.4 Å². The fourth-order valence-electron chi connectivity index (χ4n) is 14.5. The number of ether oxygens (including phenoxy) is 3. The molecule has 446 valence electrons. The first kappa shape index (κ1) is 60.0. The van der Waals surface area contributed by atoms with Crippen molar-refractivity contribution in [1.82, 2.24) is 29.5 Å². The molecule has 3 aliphatic carbocycles. The van der Waals surface area contributed by atoms with Crippen molar-refractivity contribution in [1.29, 1.82) is 0 Å². The smallest absolute Gasteiger partial charge is 0.357 e. The number of hydrogen-bond donors (Lipinski definition) is 2. The Morgan fingerprint density at radius 1 is 1.02 bits per heavy atom. The van der Waals surface area contributed by atoms with Crippen LogP contribution < -0.4 is 15.6 Å². The van der Waals surface area contributed by atoms with Gasteiger partial charge >= 0.3 is 17.9 Å². The molecule has 3 aromatic heterocycles. The van der Waals surface area contributed by atoms with Crippen molar-refractivity contribution in [3.05, 3.63) is 94.9 Å². The van der Waals surface area contributed by atoms with Crippen molar-refractivity contribution in [2.24, 2.45) is 46.2 Å². The fourth-order valence-corrected chi connectivity index (χ4v) is 19.6. The standard InChI is InChI=1S/C60H71N9O10S5/c1-9-58(5)28-42(77-43(71)31-80-38-26-36-16-17-37(27-38)68(36)8)59(6)32(3)18-22-60(23-19-40(70)48(59)60)33(4)49(58)79-55(75)47(35-14-12-11-13-15-35)78-54(74)46-41(83-57-62-39(29-82-57)34-20-24-67(7)25-21-34)30-81-53-45(52(73)69(46)53)63-51(72)44(65-76-10-2)50-64-56(61)84-66-50/h9,11-15,20-21,24-25,29,32-33,36-38,42,45,47-49,53H,1,10,16-19,22-23,26-28,30-31H2,2-8H3,(H2-,61,63,64,66,72)/p+1/b65-44+/t32?,33-,36?,37?,38?,42+,45-,47?,48?,49+,53?,58+,59-,60?/m1/s1. The molecule has 4 bridgehead atoms. The Hall–Kier alpha value is -5.66. The first-order valence-electron chi connectivity index (χ1n) is 28.8. The topological polar surface area (TPSA) is 239 Å². The molecule has 3 saturated heterocycles. The maximum absolute atomic E-state index is 15.6. The molecule has 11 rings (SSSR count). The summed E-state index contributed by atoms with van der Waals surface area (Å²) in [5.74, 6) is -3.98. The number of aryl methyl sites for hydroxylation is 1. The van der Waals surface area contributed by atoms with Gasteiger partial charge in [0.2, 0.25) is 17.6 Å². The van der Waals surface area contributed by atoms with E-state index in [1.54, 1.807) is 55.1 Å². The first-order valence-corrected chi connectivity index (χ1v) is 33.4. The molecule has 19 nitrogen and oxygen atoms in total. The van der Waals surface area contributed by atoms with E-state index < -0.39 is 81.6 Å². The number of anilines is 1. The molecule has 0 spiro atoms. The van der Waals surface area contributed by atoms with Gasteiger partial charge in [-0.25, -0.2) is 19.1 Å². The van der Waals surface area contributed by atoms with Gasteiger partial charge in [-0.05, 0) is 76.7 Å². The van der Waals surface area contributed by atoms with Gasteiger partial charge < -0.3 is 35.0 Å². The lowest BCUT2D eigenvalue weighted by atomic mass is 9.44. The van der Waals surface area contributed by atoms with Gasteiger partial charge in [0, 0.05) is 97.3 Å². The van der Waals surface area contributed by atoms with Crippen molar-refractivity contribution < 1.29 is 52.4 Å². The number of carbonyl (C=O) groups is 6. The van der Waals surface area contributed by atoms with Crippen molar-refractivity contribution in [2.75, 3.05) is 30.9 Å². The van der Waals surface area contributed by atoms with Crippen LogP contribution in [0.4, 0.5) is 5.13 Å². The molecule has 3 N–H and O–H groups in total. The van der Waals surface area contributed by atoms with Crippen LogP contribution in [0, 0.1) is 34.0 Å². The summed E-state index contributed by atoms with van der Waals surface area (Å²) < 4.78 is 26.8. The highest BCUT2D eigenvalue weighted by Crippen LogP contribution is 2.68. The van der Waals surface area contributed by atoms with Gasteiger partial charge in [-0.3, -0.25) is 24.1 Å². The number of oxime groups is 1. The third kappa shape index (κ3) is 11.1. The van der Waals surface area contributed by atoms with Crippen molar-refractivity contribution in [3.8, 4) is 11.3 Å². The van der Waals surface area contributed by atoms with E-state index >= 15 is 9.59 Å². The number of carbonyl (C=O) groups excluding carboxylic acids is 6. The number of thiazole rings is 1. The lowest BCUT2D eigenvalue weighted by Gasteiger charge is -2.62. The maximum atomic E-state index is 15.6. The van der Waals surface area contributed by atoms with Gasteiger partial charge in [0.25, 0.3) is 11.8 Å². The number of Topliss-reactive ketones (excluding diaryl/α,β-unsaturated/α-hetero) is 1. The number of nitrogens with zero attached hydrogens (tertiary/aromatic N) is 7. The van der Waals surface area contributed by atoms with Crippen LogP contribution >= 0.6 is 58.2 Å². The average molecular weight is 1240 g/mol. The molecule has 6 fully saturated rings. The Morgan fingerprint density at radius 3 is 2.45 bits per heavy atom. The number of esters is 3. The van der Waals surface area contributed by atoms with E-state index in [2.05, 4.69) is 59.1 Å². The van der Waals surface area contributed by atoms with Crippen molar-refractivity contribution >= 4 is 105 Å². The number of nitrogens with one attached hydrogen (secondary N) is 1. The molecular formula is C60H72N9O10S5+. The number of hydrogen-bond acceptors (Lipinski definition) is 21. The van der Waals surface area contributed by atoms with Crippen LogP contribution in [0.1, 0.15) is 110 Å². The van der Waals surface area contributed by atoms with E-state index in [1.165, 1.54) is 52.6 Å². The zero-order valence-corrected chi connectivity index (χ0v) is 52.3. The third-order valence-corrected chi connectivity index (χ3v) is 24.6. The summed E-state index contributed by atoms with van der Waals surface area (Å²) in [6.45, 7) is 14.6. The van der Waals surface area contributed by atoms with Gasteiger partial charge in [0.1, 0.15) is 48.8 Å². The number of pyridine rings is 1. The van der Waals surface area contributed by atoms with Crippen molar-refractivity contribution in [3.63, 3.8) is 0 Å². The number of thioether (sulfide) groups is 3. The van der Waals surface area contributed by atoms with E-state index in [1.807, 2.05) is 48.4 Å². The number of β-lactam (4-membered cyclic amide) rings is 1. The minimum atomic E-state index is -1.65. The second-order valence-electron chi connectivity index (χ2n) is 23.9. The summed E-state index contributed by atoms with van der Waals surface area (Å²) in [6.07, 6.45) is 9.40. The first-order chi connectivity index (χ1) is 40.3. The number of fused-ring (bicyclic) bond motifs is 3. The molecule has 0 radical (unpaired) electrons. The van der Waals surface area contributed by atoms with E-state index in [9.17, 15) is 19.2 Å². The number of rotatable bonds is 18. The number of nitrogen functional groups attached to an aromatic ring is 1. The number of nitrogens with two attached hydrogens (primary N) is 1. The summed E-state index contributed by atoms with van der Waals surface area (Å²) in [6, 6.07) is 12.4. The highest BCUT2D eigenvalue weighted by Gasteiger charge is 2.69. The second kappa shape index (κ2) is 24.2. The quantitative estimate of drug-likeness (QED) is 0.0181. The minimum absolute atomic E-state index is 0.0345. The molecule has 4 aliphatic heterocycles. The van der Waals surface area contributed by atoms with Crippen LogP contribution in [0.2, 0.25) is 0 Å². The van der Waals surface area contributed by atoms with Crippen LogP contribution in [0.15, 0.2) is 93.0 Å². The normalized spacial score (nSPS) is 32.3. The Balaban J connectivity index is 0.901. The summed E-state index contributed by atoms with van der Waals surface area (Å²) in [5.41, 5.74) is 5.02. The Bertz CT molecular complexity index is 3270. The fraction of sp³-hybridized carbons (Fsp3) is 0.550. The van der Waals surface area contributed by atoms with Crippen LogP contribution in [0.3, 0.4) is 0 Å². The number of amides is 2. The molecule has 7 unspecified atom stereocenters. The van der Waals surface area contributed by atoms with Crippen molar-refractivity contribution in [2.45, 2.75) is 144 Å². The lowest BCUT2D eigenvalue weighted by Crippen LogP contribution is -2.71. The SMILES string of the molecule is C=C[C@@]1(C)C[C@H](OC(=O)CSC2CC3CCC(C2)N3C)[C@@]2(C)C(C)CCC3(CCC(=O)C32)[C@H](C)[C@@H]1OC(=O)C(OC(=O)C1=C(Sc2nc(-c3cc[n+](C)cc3)cs2)CSC2[C@H](NC(=O)/C(=N/OCC)c3nsc(N)n3)C(=O)N12)c1ccccc1. The van der Waals surface area contributed by atoms with Gasteiger partial charge in [-0.15, -0.1) is 41.4 Å². The monoisotopic (exact) mass is 1240 g/mol. The summed E-state index contributed by atoms with van der Waals surface area (Å²) >= 11 is 6.45. The molecule has 84 heavy (non-hydrogen) atoms. The summed E-state index contributed by atoms with van der Waals surface area (Å²) in [4.78, 5) is 107. The molecular weight excluding hydrogens is 1170 g/mol. The Kier molecular flexibility index (Phi) is 17.3. The molecule has 2 amide bonds. The molecule has 7 aliphatic rings.